The Balaban J connectivity index is 1.84. The molecule has 2 N–H and O–H groups in total. The van der Waals surface area contributed by atoms with Crippen molar-refractivity contribution in [2.45, 2.75) is 58.2 Å². The lowest BCUT2D eigenvalue weighted by atomic mass is 9.81. The Morgan fingerprint density at radius 1 is 1.24 bits per heavy atom. The van der Waals surface area contributed by atoms with Crippen molar-refractivity contribution in [3.8, 4) is 0 Å². The van der Waals surface area contributed by atoms with E-state index in [1.807, 2.05) is 6.92 Å². The van der Waals surface area contributed by atoms with Crippen LogP contribution in [0.5, 0.6) is 0 Å². The van der Waals surface area contributed by atoms with Gasteiger partial charge in [-0.2, -0.15) is 13.2 Å². The average Bonchev–Trinajstić information content (AvgIpc) is 3.11. The zero-order valence-electron chi connectivity index (χ0n) is 12.8. The molecule has 0 heterocycles. The quantitative estimate of drug-likeness (QED) is 0.617. The molecular weight excluding hydrogens is 279 g/mol. The standard InChI is InChI=1S/C15H26F3N3/c1-3-19-14(21-13-7-10(13)2)20-9-11-5-4-6-12(8-11)15(16,17)18/h10-13H,3-9H2,1-2H3,(H2,19,20,21). The Hall–Kier alpha value is -0.940. The molecule has 21 heavy (non-hydrogen) atoms. The summed E-state index contributed by atoms with van der Waals surface area (Å²) in [6.45, 7) is 5.43. The Labute approximate surface area is 124 Å². The molecular formula is C15H26F3N3. The third kappa shape index (κ3) is 5.08. The van der Waals surface area contributed by atoms with Crippen LogP contribution < -0.4 is 10.6 Å². The van der Waals surface area contributed by atoms with E-state index in [0.29, 0.717) is 24.9 Å². The second kappa shape index (κ2) is 6.88. The molecule has 0 aliphatic heterocycles. The number of hydrogen-bond donors (Lipinski definition) is 2. The summed E-state index contributed by atoms with van der Waals surface area (Å²) in [4.78, 5) is 4.50. The maximum atomic E-state index is 12.8. The molecule has 4 atom stereocenters. The smallest absolute Gasteiger partial charge is 0.357 e. The number of halogens is 3. The largest absolute Gasteiger partial charge is 0.391 e. The van der Waals surface area contributed by atoms with Gasteiger partial charge in [0.2, 0.25) is 0 Å². The van der Waals surface area contributed by atoms with Crippen LogP contribution in [0.15, 0.2) is 4.99 Å². The fourth-order valence-electron chi connectivity index (χ4n) is 2.99. The minimum absolute atomic E-state index is 0.0532. The lowest BCUT2D eigenvalue weighted by Crippen LogP contribution is -2.39. The molecule has 6 heteroatoms. The van der Waals surface area contributed by atoms with Gasteiger partial charge in [0.1, 0.15) is 0 Å². The van der Waals surface area contributed by atoms with Crippen LogP contribution in [-0.2, 0) is 0 Å². The Bertz CT molecular complexity index is 368. The normalized spacial score (nSPS) is 33.7. The van der Waals surface area contributed by atoms with E-state index in [9.17, 15) is 13.2 Å². The average molecular weight is 305 g/mol. The van der Waals surface area contributed by atoms with Crippen LogP contribution in [0, 0.1) is 17.8 Å². The first-order valence-electron chi connectivity index (χ1n) is 8.01. The van der Waals surface area contributed by atoms with Gasteiger partial charge in [-0.3, -0.25) is 4.99 Å². The first kappa shape index (κ1) is 16.4. The van der Waals surface area contributed by atoms with Crippen molar-refractivity contribution in [3.05, 3.63) is 0 Å². The van der Waals surface area contributed by atoms with Crippen molar-refractivity contribution in [2.24, 2.45) is 22.7 Å². The predicted molar refractivity (Wildman–Crippen MR) is 78.2 cm³/mol. The van der Waals surface area contributed by atoms with Gasteiger partial charge in [0, 0.05) is 19.1 Å². The van der Waals surface area contributed by atoms with Crippen molar-refractivity contribution in [1.82, 2.24) is 10.6 Å². The molecule has 2 aliphatic carbocycles. The number of nitrogens with one attached hydrogen (secondary N) is 2. The van der Waals surface area contributed by atoms with E-state index in [4.69, 9.17) is 0 Å². The highest BCUT2D eigenvalue weighted by molar-refractivity contribution is 5.80. The highest BCUT2D eigenvalue weighted by atomic mass is 19.4. The van der Waals surface area contributed by atoms with E-state index >= 15 is 0 Å². The molecule has 2 rings (SSSR count). The van der Waals surface area contributed by atoms with Gasteiger partial charge in [0.05, 0.1) is 5.92 Å². The minimum atomic E-state index is -4.05. The van der Waals surface area contributed by atoms with Crippen molar-refractivity contribution in [3.63, 3.8) is 0 Å². The molecule has 0 bridgehead atoms. The van der Waals surface area contributed by atoms with Crippen LogP contribution in [0.2, 0.25) is 0 Å². The lowest BCUT2D eigenvalue weighted by Gasteiger charge is -2.29. The van der Waals surface area contributed by atoms with E-state index in [-0.39, 0.29) is 18.8 Å². The van der Waals surface area contributed by atoms with Gasteiger partial charge in [0.25, 0.3) is 0 Å². The number of alkyl halides is 3. The van der Waals surface area contributed by atoms with Crippen molar-refractivity contribution in [2.75, 3.05) is 13.1 Å². The van der Waals surface area contributed by atoms with Gasteiger partial charge in [0.15, 0.2) is 5.96 Å². The molecule has 2 aliphatic rings. The molecule has 0 radical (unpaired) electrons. The maximum absolute atomic E-state index is 12.8. The summed E-state index contributed by atoms with van der Waals surface area (Å²) in [6.07, 6.45) is -0.879. The molecule has 4 unspecified atom stereocenters. The zero-order valence-corrected chi connectivity index (χ0v) is 12.8. The van der Waals surface area contributed by atoms with Gasteiger partial charge in [-0.15, -0.1) is 0 Å². The highest BCUT2D eigenvalue weighted by Gasteiger charge is 2.42. The maximum Gasteiger partial charge on any atom is 0.391 e. The topological polar surface area (TPSA) is 36.4 Å². The summed E-state index contributed by atoms with van der Waals surface area (Å²) in [5.41, 5.74) is 0. The number of hydrogen-bond acceptors (Lipinski definition) is 1. The number of guanidine groups is 1. The van der Waals surface area contributed by atoms with Crippen molar-refractivity contribution in [1.29, 1.82) is 0 Å². The molecule has 0 aromatic heterocycles. The van der Waals surface area contributed by atoms with Crippen LogP contribution >= 0.6 is 0 Å². The molecule has 0 amide bonds. The molecule has 122 valence electrons. The SMILES string of the molecule is CCNC(=NCC1CCCC(C(F)(F)F)C1)NC1CC1C. The summed E-state index contributed by atoms with van der Waals surface area (Å²) in [5, 5.41) is 6.51. The molecule has 0 spiro atoms. The van der Waals surface area contributed by atoms with Crippen LogP contribution in [0.3, 0.4) is 0 Å². The summed E-state index contributed by atoms with van der Waals surface area (Å²) < 4.78 is 38.4. The molecule has 3 nitrogen and oxygen atoms in total. The fraction of sp³-hybridized carbons (Fsp3) is 0.933. The second-order valence-electron chi connectivity index (χ2n) is 6.45. The van der Waals surface area contributed by atoms with Gasteiger partial charge in [-0.25, -0.2) is 0 Å². The van der Waals surface area contributed by atoms with Gasteiger partial charge in [-0.1, -0.05) is 13.3 Å². The third-order valence-corrected chi connectivity index (χ3v) is 4.53. The number of rotatable bonds is 4. The first-order chi connectivity index (χ1) is 9.90. The van der Waals surface area contributed by atoms with Crippen LogP contribution in [0.25, 0.3) is 0 Å². The zero-order chi connectivity index (χ0) is 15.5. The van der Waals surface area contributed by atoms with Crippen molar-refractivity contribution < 1.29 is 13.2 Å². The van der Waals surface area contributed by atoms with Crippen molar-refractivity contribution >= 4 is 5.96 Å². The number of nitrogens with zero attached hydrogens (tertiary/aromatic N) is 1. The monoisotopic (exact) mass is 305 g/mol. The highest BCUT2D eigenvalue weighted by Crippen LogP contribution is 2.39. The Morgan fingerprint density at radius 2 is 1.95 bits per heavy atom. The molecule has 0 saturated heterocycles. The predicted octanol–water partition coefficient (Wildman–Crippen LogP) is 3.32. The molecule has 0 aromatic rings. The van der Waals surface area contributed by atoms with E-state index in [1.165, 1.54) is 0 Å². The molecule has 2 fully saturated rings. The van der Waals surface area contributed by atoms with Crippen LogP contribution in [0.1, 0.15) is 46.0 Å². The Morgan fingerprint density at radius 3 is 2.52 bits per heavy atom. The summed E-state index contributed by atoms with van der Waals surface area (Å²) >= 11 is 0. The number of aliphatic imine (C=N–C) groups is 1. The van der Waals surface area contributed by atoms with Gasteiger partial charge >= 0.3 is 6.18 Å². The third-order valence-electron chi connectivity index (χ3n) is 4.53. The van der Waals surface area contributed by atoms with E-state index < -0.39 is 12.1 Å². The van der Waals surface area contributed by atoms with Gasteiger partial charge < -0.3 is 10.6 Å². The molecule has 0 aromatic carbocycles. The van der Waals surface area contributed by atoms with E-state index in [2.05, 4.69) is 22.5 Å². The fourth-order valence-corrected chi connectivity index (χ4v) is 2.99. The van der Waals surface area contributed by atoms with Crippen LogP contribution in [-0.4, -0.2) is 31.3 Å². The Kier molecular flexibility index (Phi) is 5.38. The summed E-state index contributed by atoms with van der Waals surface area (Å²) in [5.74, 6) is 0.335. The summed E-state index contributed by atoms with van der Waals surface area (Å²) in [6, 6.07) is 0.470. The molecule has 2 saturated carbocycles. The first-order valence-corrected chi connectivity index (χ1v) is 8.01. The van der Waals surface area contributed by atoms with E-state index in [1.54, 1.807) is 0 Å². The van der Waals surface area contributed by atoms with Crippen LogP contribution in [0.4, 0.5) is 13.2 Å². The second-order valence-corrected chi connectivity index (χ2v) is 6.45. The van der Waals surface area contributed by atoms with Gasteiger partial charge in [-0.05, 0) is 44.4 Å². The lowest BCUT2D eigenvalue weighted by molar-refractivity contribution is -0.185. The van der Waals surface area contributed by atoms with E-state index in [0.717, 1.165) is 25.3 Å². The summed E-state index contributed by atoms with van der Waals surface area (Å²) in [7, 11) is 0. The minimum Gasteiger partial charge on any atom is -0.357 e.